The largest absolute Gasteiger partial charge is 0.479 e. The van der Waals surface area contributed by atoms with Gasteiger partial charge in [0.05, 0.1) is 38.1 Å². The number of rotatable bonds is 12. The molecule has 23 heteroatoms. The summed E-state index contributed by atoms with van der Waals surface area (Å²) in [5.74, 6) is -1.39. The van der Waals surface area contributed by atoms with E-state index in [9.17, 15) is 76.3 Å². The van der Waals surface area contributed by atoms with Gasteiger partial charge in [-0.2, -0.15) is 0 Å². The van der Waals surface area contributed by atoms with Crippen molar-refractivity contribution < 1.29 is 114 Å². The zero-order valence-corrected chi connectivity index (χ0v) is 45.4. The number of fused-ring (bicyclic) bond motifs is 7. The van der Waals surface area contributed by atoms with Gasteiger partial charge in [0.2, 0.25) is 0 Å². The molecule has 5 aliphatic carbocycles. The fourth-order valence-electron chi connectivity index (χ4n) is 16.5. The maximum Gasteiger partial charge on any atom is 0.335 e. The maximum absolute atomic E-state index is 13.3. The Morgan fingerprint density at radius 2 is 1.21 bits per heavy atom. The number of carbonyl (C=O) groups is 1. The number of aliphatic carboxylic acids is 1. The lowest BCUT2D eigenvalue weighted by Crippen LogP contribution is -2.69. The van der Waals surface area contributed by atoms with Crippen LogP contribution in [0.3, 0.4) is 0 Å². The van der Waals surface area contributed by atoms with Gasteiger partial charge in [0.1, 0.15) is 85.5 Å². The Kier molecular flexibility index (Phi) is 16.8. The van der Waals surface area contributed by atoms with E-state index in [0.717, 1.165) is 38.5 Å². The smallest absolute Gasteiger partial charge is 0.335 e. The molecule has 77 heavy (non-hydrogen) atoms. The van der Waals surface area contributed by atoms with Gasteiger partial charge < -0.3 is 109 Å². The van der Waals surface area contributed by atoms with Crippen molar-refractivity contribution in [2.45, 2.75) is 248 Å². The quantitative estimate of drug-likeness (QED) is 0.0783. The molecule has 9 rings (SSSR count). The van der Waals surface area contributed by atoms with Crippen LogP contribution in [-0.2, 0) is 42.7 Å². The second kappa shape index (κ2) is 21.5. The predicted octanol–water partition coefficient (Wildman–Crippen LogP) is -1.47. The van der Waals surface area contributed by atoms with Crippen molar-refractivity contribution in [1.82, 2.24) is 0 Å². The molecule has 0 aromatic rings. The predicted molar refractivity (Wildman–Crippen MR) is 263 cm³/mol. The molecule has 4 saturated carbocycles. The van der Waals surface area contributed by atoms with E-state index < -0.39 is 165 Å². The third-order valence-corrected chi connectivity index (χ3v) is 21.5. The number of hydrogen-bond acceptors (Lipinski definition) is 22. The minimum absolute atomic E-state index is 0.0357. The summed E-state index contributed by atoms with van der Waals surface area (Å²) in [5, 5.41) is 153. The lowest BCUT2D eigenvalue weighted by atomic mass is 9.33. The Balaban J connectivity index is 0.970. The molecular formula is C54H88O23. The summed E-state index contributed by atoms with van der Waals surface area (Å²) in [4.78, 5) is 13.3. The van der Waals surface area contributed by atoms with Gasteiger partial charge >= 0.3 is 5.97 Å². The zero-order chi connectivity index (χ0) is 56.4. The minimum Gasteiger partial charge on any atom is -0.479 e. The molecule has 23 nitrogen and oxygen atoms in total. The molecule has 29 atom stereocenters. The van der Waals surface area contributed by atoms with Crippen LogP contribution < -0.4 is 0 Å². The van der Waals surface area contributed by atoms with Crippen LogP contribution in [-0.4, -0.2) is 232 Å². The molecular weight excluding hydrogens is 1020 g/mol. The van der Waals surface area contributed by atoms with Crippen molar-refractivity contribution in [2.24, 2.45) is 50.2 Å². The number of aliphatic hydroxyl groups is 13. The fraction of sp³-hybridized carbons (Fsp3) is 0.944. The molecule has 442 valence electrons. The van der Waals surface area contributed by atoms with Crippen LogP contribution in [0, 0.1) is 50.2 Å². The van der Waals surface area contributed by atoms with E-state index in [0.29, 0.717) is 19.3 Å². The van der Waals surface area contributed by atoms with Crippen LogP contribution in [0.25, 0.3) is 0 Å². The van der Waals surface area contributed by atoms with Crippen molar-refractivity contribution in [3.63, 3.8) is 0 Å². The first-order chi connectivity index (χ1) is 35.9. The van der Waals surface area contributed by atoms with Gasteiger partial charge in [-0.15, -0.1) is 0 Å². The summed E-state index contributed by atoms with van der Waals surface area (Å²) in [7, 11) is 0. The number of ether oxygens (including phenoxy) is 8. The van der Waals surface area contributed by atoms with Crippen molar-refractivity contribution in [1.29, 1.82) is 0 Å². The highest BCUT2D eigenvalue weighted by Gasteiger charge is 2.70. The number of aliphatic hydroxyl groups excluding tert-OH is 13. The topological polar surface area (TPSA) is 374 Å². The van der Waals surface area contributed by atoms with Crippen LogP contribution >= 0.6 is 0 Å². The highest BCUT2D eigenvalue weighted by molar-refractivity contribution is 5.73. The second-order valence-corrected chi connectivity index (χ2v) is 26.5. The Labute approximate surface area is 449 Å². The third-order valence-electron chi connectivity index (χ3n) is 21.5. The maximum atomic E-state index is 13.3. The van der Waals surface area contributed by atoms with Gasteiger partial charge in [0.25, 0.3) is 0 Å². The molecule has 8 fully saturated rings. The summed E-state index contributed by atoms with van der Waals surface area (Å²) in [6, 6.07) is 0. The van der Waals surface area contributed by atoms with Crippen LogP contribution in [0.2, 0.25) is 0 Å². The lowest BCUT2D eigenvalue weighted by Gasteiger charge is -2.72. The molecule has 14 N–H and O–H groups in total. The Morgan fingerprint density at radius 1 is 0.610 bits per heavy atom. The van der Waals surface area contributed by atoms with Gasteiger partial charge in [0.15, 0.2) is 31.3 Å². The Morgan fingerprint density at radius 3 is 1.84 bits per heavy atom. The average Bonchev–Trinajstić information content (AvgIpc) is 3.45. The molecule has 0 amide bonds. The number of allylic oxidation sites excluding steroid dienone is 2. The van der Waals surface area contributed by atoms with Crippen LogP contribution in [0.5, 0.6) is 0 Å². The summed E-state index contributed by atoms with van der Waals surface area (Å²) in [6.45, 7) is 15.7. The molecule has 1 unspecified atom stereocenters. The fourth-order valence-corrected chi connectivity index (χ4v) is 16.5. The van der Waals surface area contributed by atoms with Gasteiger partial charge in [-0.3, -0.25) is 0 Å². The summed E-state index contributed by atoms with van der Waals surface area (Å²) < 4.78 is 47.8. The van der Waals surface area contributed by atoms with E-state index in [1.54, 1.807) is 0 Å². The third kappa shape index (κ3) is 9.80. The Hall–Kier alpha value is -1.63. The van der Waals surface area contributed by atoms with Gasteiger partial charge in [-0.05, 0) is 110 Å². The molecule has 0 radical (unpaired) electrons. The molecule has 4 saturated heterocycles. The summed E-state index contributed by atoms with van der Waals surface area (Å²) in [5.41, 5.74) is -0.601. The van der Waals surface area contributed by atoms with Crippen LogP contribution in [0.1, 0.15) is 113 Å². The SMILES string of the molecule is C[C@@H]1O[C@@H](O[C@H]2[C@H](O[C@H]3CC[C@]4(C)[C@H]5CC=C6[C@@H]7CC(C)(C)CC[C@]7(CO)C(O)C[C@@]6(C)[C@]5(C)CC[C@H]4C3(C)C)O[C@H](C(=O)O)[C@H](O[C@@H]3O[C@H](CO[C@@H]4O[C@H](CO)[C@H](O)[C@H](O)[C@H]4O)[C@@H](O)[C@H](O)[C@H]3O)[C@@H]2O)[C@H](O)[C@H](O)[C@H]1O. The van der Waals surface area contributed by atoms with Crippen molar-refractivity contribution >= 4 is 5.97 Å². The van der Waals surface area contributed by atoms with Crippen LogP contribution in [0.4, 0.5) is 0 Å². The summed E-state index contributed by atoms with van der Waals surface area (Å²) >= 11 is 0. The van der Waals surface area contributed by atoms with E-state index in [-0.39, 0.29) is 46.0 Å². The van der Waals surface area contributed by atoms with Crippen LogP contribution in [0.15, 0.2) is 11.6 Å². The molecule has 0 bridgehead atoms. The zero-order valence-electron chi connectivity index (χ0n) is 45.4. The first-order valence-corrected chi connectivity index (χ1v) is 27.8. The van der Waals surface area contributed by atoms with E-state index in [4.69, 9.17) is 37.9 Å². The number of carboxylic acids is 1. The normalized spacial score (nSPS) is 54.5. The van der Waals surface area contributed by atoms with Gasteiger partial charge in [0, 0.05) is 5.41 Å². The van der Waals surface area contributed by atoms with Crippen molar-refractivity contribution in [3.8, 4) is 0 Å². The first-order valence-electron chi connectivity index (χ1n) is 27.8. The molecule has 4 aliphatic heterocycles. The van der Waals surface area contributed by atoms with E-state index >= 15 is 0 Å². The van der Waals surface area contributed by atoms with Crippen molar-refractivity contribution in [3.05, 3.63) is 11.6 Å². The number of carboxylic acid groups (broad SMARTS) is 1. The molecule has 9 aliphatic rings. The summed E-state index contributed by atoms with van der Waals surface area (Å²) in [6.07, 6.45) is -28.2. The van der Waals surface area contributed by atoms with Crippen molar-refractivity contribution in [2.75, 3.05) is 19.8 Å². The standard InChI is InChI=1S/C54H88O23/c1-22-31(58)34(61)38(65)46(71-22)76-42-40(67)41(75-47-39(66)36(63)33(60)26(73-47)20-70-45-37(64)35(62)32(59)25(19-55)72-45)43(44(68)69)77-48(42)74-30-12-13-51(6)27(50(30,4)5)11-14-52(7)28(51)10-9-23-24-17-49(2,3)15-16-54(24,21-56)29(57)18-53(23,52)8/h9,22,24-43,45-48,55-67H,10-21H2,1-8H3,(H,68,69)/t22-,24-,25+,26+,27-,28+,29?,30-,31-,32-,33+,34+,35-,36-,37+,38+,39+,40-,41+,42+,43-,45+,46-,47-,48+,51-,52+,53+,54+/m0/s1. The average molecular weight is 1110 g/mol. The van der Waals surface area contributed by atoms with E-state index in [2.05, 4.69) is 54.5 Å². The first kappa shape index (κ1) is 60.0. The second-order valence-electron chi connectivity index (χ2n) is 26.5. The van der Waals surface area contributed by atoms with E-state index in [1.165, 1.54) is 12.5 Å². The monoisotopic (exact) mass is 1100 g/mol. The van der Waals surface area contributed by atoms with E-state index in [1.807, 2.05) is 0 Å². The van der Waals surface area contributed by atoms with Gasteiger partial charge in [-0.25, -0.2) is 4.79 Å². The molecule has 0 aromatic carbocycles. The lowest BCUT2D eigenvalue weighted by molar-refractivity contribution is -0.391. The minimum atomic E-state index is -2.11. The molecule has 0 aromatic heterocycles. The number of hydrogen-bond donors (Lipinski definition) is 14. The molecule has 0 spiro atoms. The molecule has 4 heterocycles. The highest BCUT2D eigenvalue weighted by Crippen LogP contribution is 2.76. The Bertz CT molecular complexity index is 2130. The van der Waals surface area contributed by atoms with Gasteiger partial charge in [-0.1, -0.05) is 60.1 Å². The highest BCUT2D eigenvalue weighted by atomic mass is 16.8.